The molecule has 0 aliphatic rings. The Kier molecular flexibility index (Phi) is 5.77. The van der Waals surface area contributed by atoms with Gasteiger partial charge in [0.1, 0.15) is 5.69 Å². The maximum atomic E-state index is 11.1. The van der Waals surface area contributed by atoms with Crippen LogP contribution in [0.3, 0.4) is 0 Å². The average Bonchev–Trinajstić information content (AvgIpc) is 3.28. The second-order valence-corrected chi connectivity index (χ2v) is 8.42. The molecule has 3 aromatic heterocycles. The molecule has 6 nitrogen and oxygen atoms in total. The second-order valence-electron chi connectivity index (χ2n) is 7.66. The second kappa shape index (κ2) is 8.89. The topological polar surface area (TPSA) is 69.4 Å². The van der Waals surface area contributed by atoms with Crippen molar-refractivity contribution in [1.29, 1.82) is 0 Å². The summed E-state index contributed by atoms with van der Waals surface area (Å²) in [4.78, 5) is 20.3. The highest BCUT2D eigenvalue weighted by Gasteiger charge is 2.17. The van der Waals surface area contributed by atoms with Gasteiger partial charge in [0, 0.05) is 40.1 Å². The average molecular weight is 489 g/mol. The molecule has 0 atom stereocenters. The van der Waals surface area contributed by atoms with Crippen molar-refractivity contribution >= 4 is 35.1 Å². The van der Waals surface area contributed by atoms with E-state index in [9.17, 15) is 4.79 Å². The summed E-state index contributed by atoms with van der Waals surface area (Å²) in [7, 11) is 1.59. The van der Waals surface area contributed by atoms with E-state index in [0.29, 0.717) is 44.9 Å². The molecule has 0 radical (unpaired) electrons. The highest BCUT2D eigenvalue weighted by molar-refractivity contribution is 6.39. The molecule has 0 N–H and O–H groups in total. The Morgan fingerprint density at radius 1 is 0.853 bits per heavy atom. The highest BCUT2D eigenvalue weighted by atomic mass is 35.5. The molecule has 0 amide bonds. The summed E-state index contributed by atoms with van der Waals surface area (Å²) in [5.41, 5.74) is 6.25. The Morgan fingerprint density at radius 2 is 1.47 bits per heavy atom. The van der Waals surface area contributed by atoms with Crippen molar-refractivity contribution in [3.63, 3.8) is 0 Å². The van der Waals surface area contributed by atoms with E-state index in [-0.39, 0.29) is 0 Å². The van der Waals surface area contributed by atoms with Gasteiger partial charge >= 0.3 is 0 Å². The Morgan fingerprint density at radius 3 is 2.09 bits per heavy atom. The molecule has 2 aromatic carbocycles. The van der Waals surface area contributed by atoms with Crippen molar-refractivity contribution < 1.29 is 9.53 Å². The summed E-state index contributed by atoms with van der Waals surface area (Å²) in [6.45, 7) is 1.94. The number of ether oxygens (including phenoxy) is 1. The monoisotopic (exact) mass is 488 g/mol. The molecule has 3 heterocycles. The molecule has 0 saturated carbocycles. The molecular formula is C26H18Cl2N4O2. The van der Waals surface area contributed by atoms with E-state index in [2.05, 4.69) is 15.1 Å². The fraction of sp³-hybridized carbons (Fsp3) is 0.0769. The molecular weight excluding hydrogens is 471 g/mol. The first-order valence-electron chi connectivity index (χ1n) is 10.4. The predicted octanol–water partition coefficient (Wildman–Crippen LogP) is 6.56. The van der Waals surface area contributed by atoms with Gasteiger partial charge in [-0.3, -0.25) is 4.79 Å². The smallest absolute Gasteiger partial charge is 0.216 e. The molecule has 0 saturated heterocycles. The molecule has 8 heteroatoms. The minimum Gasteiger partial charge on any atom is -0.481 e. The number of aromatic nitrogens is 4. The standard InChI is InChI=1S/C26H18Cl2N4O2/c1-15-9-10-21(30-26(15)34-2)19-7-3-5-17(24(19)27)18-6-4-8-20(25(18)28)22-11-12-32-23(29-22)13-16(14-33)31-32/h3-14H,1-2H3. The first kappa shape index (κ1) is 22.1. The van der Waals surface area contributed by atoms with Gasteiger partial charge < -0.3 is 4.74 Å². The Balaban J connectivity index is 1.62. The zero-order valence-electron chi connectivity index (χ0n) is 18.3. The Bertz CT molecular complexity index is 1560. The van der Waals surface area contributed by atoms with Crippen molar-refractivity contribution in [3.05, 3.63) is 88.2 Å². The van der Waals surface area contributed by atoms with Crippen LogP contribution in [0.5, 0.6) is 5.88 Å². The molecule has 168 valence electrons. The van der Waals surface area contributed by atoms with Crippen LogP contribution >= 0.6 is 23.2 Å². The number of rotatable bonds is 5. The van der Waals surface area contributed by atoms with Crippen LogP contribution < -0.4 is 4.74 Å². The van der Waals surface area contributed by atoms with Gasteiger partial charge in [0.05, 0.1) is 28.5 Å². The zero-order valence-corrected chi connectivity index (χ0v) is 19.8. The number of benzene rings is 2. The SMILES string of the molecule is COc1nc(-c2cccc(-c3cccc(-c4ccn5nc(C=O)cc5n4)c3Cl)c2Cl)ccc1C. The van der Waals surface area contributed by atoms with E-state index >= 15 is 0 Å². The van der Waals surface area contributed by atoms with Crippen LogP contribution in [-0.4, -0.2) is 33.0 Å². The van der Waals surface area contributed by atoms with Crippen LogP contribution in [0.15, 0.2) is 66.9 Å². The van der Waals surface area contributed by atoms with Gasteiger partial charge in [-0.1, -0.05) is 65.7 Å². The number of carbonyl (C=O) groups is 1. The third-order valence-corrected chi connectivity index (χ3v) is 6.36. The summed E-state index contributed by atoms with van der Waals surface area (Å²) in [6, 6.07) is 18.8. The maximum Gasteiger partial charge on any atom is 0.216 e. The third-order valence-electron chi connectivity index (χ3n) is 5.55. The van der Waals surface area contributed by atoms with Crippen molar-refractivity contribution in [3.8, 4) is 39.5 Å². The van der Waals surface area contributed by atoms with Gasteiger partial charge in [0.15, 0.2) is 11.9 Å². The van der Waals surface area contributed by atoms with E-state index in [1.807, 2.05) is 55.5 Å². The lowest BCUT2D eigenvalue weighted by Gasteiger charge is -2.14. The van der Waals surface area contributed by atoms with Gasteiger partial charge in [0.25, 0.3) is 0 Å². The van der Waals surface area contributed by atoms with Gasteiger partial charge in [-0.2, -0.15) is 5.10 Å². The number of hydrogen-bond donors (Lipinski definition) is 0. The van der Waals surface area contributed by atoms with E-state index in [1.54, 1.807) is 30.0 Å². The quantitative estimate of drug-likeness (QED) is 0.262. The summed E-state index contributed by atoms with van der Waals surface area (Å²) in [5, 5.41) is 5.20. The molecule has 0 aliphatic carbocycles. The number of fused-ring (bicyclic) bond motifs is 1. The van der Waals surface area contributed by atoms with Crippen molar-refractivity contribution in [2.45, 2.75) is 6.92 Å². The number of carbonyl (C=O) groups excluding carboxylic acids is 1. The van der Waals surface area contributed by atoms with E-state index in [0.717, 1.165) is 27.8 Å². The predicted molar refractivity (Wildman–Crippen MR) is 134 cm³/mol. The number of pyridine rings is 1. The summed E-state index contributed by atoms with van der Waals surface area (Å²) < 4.78 is 6.93. The number of hydrogen-bond acceptors (Lipinski definition) is 5. The zero-order chi connectivity index (χ0) is 23.8. The Labute approximate surface area is 205 Å². The first-order chi connectivity index (χ1) is 16.5. The molecule has 0 fully saturated rings. The van der Waals surface area contributed by atoms with Crippen molar-refractivity contribution in [2.75, 3.05) is 7.11 Å². The van der Waals surface area contributed by atoms with E-state index in [4.69, 9.17) is 27.9 Å². The minimum absolute atomic E-state index is 0.314. The van der Waals surface area contributed by atoms with Crippen LogP contribution in [-0.2, 0) is 0 Å². The summed E-state index contributed by atoms with van der Waals surface area (Å²) in [6.07, 6.45) is 2.44. The normalized spacial score (nSPS) is 11.1. The van der Waals surface area contributed by atoms with Crippen LogP contribution in [0.25, 0.3) is 39.3 Å². The number of aldehydes is 1. The largest absolute Gasteiger partial charge is 0.481 e. The fourth-order valence-corrected chi connectivity index (χ4v) is 4.50. The molecule has 0 spiro atoms. The Hall–Kier alpha value is -3.74. The number of methoxy groups -OCH3 is 1. The van der Waals surface area contributed by atoms with Gasteiger partial charge in [0.2, 0.25) is 5.88 Å². The minimum atomic E-state index is 0.314. The number of aryl methyl sites for hydroxylation is 1. The van der Waals surface area contributed by atoms with Crippen molar-refractivity contribution in [2.24, 2.45) is 0 Å². The molecule has 0 bridgehead atoms. The molecule has 0 unspecified atom stereocenters. The van der Waals surface area contributed by atoms with Gasteiger partial charge in [-0.25, -0.2) is 14.5 Å². The fourth-order valence-electron chi connectivity index (χ4n) is 3.85. The van der Waals surface area contributed by atoms with E-state index < -0.39 is 0 Å². The van der Waals surface area contributed by atoms with Crippen LogP contribution in [0.1, 0.15) is 16.1 Å². The lowest BCUT2D eigenvalue weighted by Crippen LogP contribution is -1.95. The van der Waals surface area contributed by atoms with Crippen molar-refractivity contribution in [1.82, 2.24) is 19.6 Å². The molecule has 0 aliphatic heterocycles. The van der Waals surface area contributed by atoms with Crippen LogP contribution in [0.2, 0.25) is 10.0 Å². The highest BCUT2D eigenvalue weighted by Crippen LogP contribution is 2.42. The lowest BCUT2D eigenvalue weighted by atomic mass is 9.98. The first-order valence-corrected chi connectivity index (χ1v) is 11.2. The third kappa shape index (κ3) is 3.81. The molecule has 34 heavy (non-hydrogen) atoms. The van der Waals surface area contributed by atoms with Gasteiger partial charge in [-0.05, 0) is 19.1 Å². The number of halogens is 2. The molecule has 5 aromatic rings. The molecule has 5 rings (SSSR count). The summed E-state index contributed by atoms with van der Waals surface area (Å²) >= 11 is 13.8. The maximum absolute atomic E-state index is 11.1. The van der Waals surface area contributed by atoms with Crippen LogP contribution in [0, 0.1) is 6.92 Å². The summed E-state index contributed by atoms with van der Waals surface area (Å²) in [5.74, 6) is 0.554. The van der Waals surface area contributed by atoms with Gasteiger partial charge in [-0.15, -0.1) is 0 Å². The van der Waals surface area contributed by atoms with Crippen LogP contribution in [0.4, 0.5) is 0 Å². The number of nitrogens with zero attached hydrogens (tertiary/aromatic N) is 4. The van der Waals surface area contributed by atoms with E-state index in [1.165, 1.54) is 0 Å². The lowest BCUT2D eigenvalue weighted by molar-refractivity contribution is 0.111.